The number of nitrogens with one attached hydrogen (secondary N) is 1. The van der Waals surface area contributed by atoms with Crippen molar-refractivity contribution in [2.75, 3.05) is 0 Å². The Kier molecular flexibility index (Phi) is 4.46. The zero-order valence-corrected chi connectivity index (χ0v) is 15.1. The third kappa shape index (κ3) is 3.34. The predicted octanol–water partition coefficient (Wildman–Crippen LogP) is 4.60. The van der Waals surface area contributed by atoms with Crippen LogP contribution < -0.4 is 5.32 Å². The number of hydrogen-bond donors (Lipinski definition) is 1. The third-order valence-corrected chi connectivity index (χ3v) is 4.88. The summed E-state index contributed by atoms with van der Waals surface area (Å²) in [5.74, 6) is -0.108. The van der Waals surface area contributed by atoms with Crippen LogP contribution in [-0.4, -0.2) is 15.9 Å². The molecule has 5 heteroatoms. The molecule has 0 radical (unpaired) electrons. The van der Waals surface area contributed by atoms with E-state index in [4.69, 9.17) is 4.98 Å². The first-order valence-corrected chi connectivity index (χ1v) is 9.26. The standard InChI is InChI=1S/C21H17N3OS/c1-14-4-5-19-17(9-14)18(10-20(24-19)16-6-8-26-13-16)21(25)23-12-15-3-2-7-22-11-15/h2-11,13H,12H2,1H3,(H,23,25). The molecule has 0 saturated heterocycles. The maximum absolute atomic E-state index is 12.9. The van der Waals surface area contributed by atoms with Gasteiger partial charge in [-0.3, -0.25) is 9.78 Å². The van der Waals surface area contributed by atoms with Gasteiger partial charge < -0.3 is 5.32 Å². The van der Waals surface area contributed by atoms with Crippen LogP contribution >= 0.6 is 11.3 Å². The van der Waals surface area contributed by atoms with Crippen LogP contribution in [0.1, 0.15) is 21.5 Å². The summed E-state index contributed by atoms with van der Waals surface area (Å²) in [6.07, 6.45) is 3.48. The molecule has 0 spiro atoms. The average Bonchev–Trinajstić information content (AvgIpc) is 3.21. The Balaban J connectivity index is 1.74. The van der Waals surface area contributed by atoms with E-state index in [-0.39, 0.29) is 5.91 Å². The number of fused-ring (bicyclic) bond motifs is 1. The van der Waals surface area contributed by atoms with Crippen LogP contribution in [0.4, 0.5) is 0 Å². The first-order chi connectivity index (χ1) is 12.7. The summed E-state index contributed by atoms with van der Waals surface area (Å²) >= 11 is 1.62. The lowest BCUT2D eigenvalue weighted by molar-refractivity contribution is 0.0952. The van der Waals surface area contributed by atoms with Crippen molar-refractivity contribution in [2.24, 2.45) is 0 Å². The van der Waals surface area contributed by atoms with Crippen molar-refractivity contribution in [3.63, 3.8) is 0 Å². The molecule has 0 bridgehead atoms. The fourth-order valence-electron chi connectivity index (χ4n) is 2.87. The van der Waals surface area contributed by atoms with Crippen LogP contribution in [0.25, 0.3) is 22.2 Å². The van der Waals surface area contributed by atoms with Crippen LogP contribution in [0.3, 0.4) is 0 Å². The Bertz CT molecular complexity index is 1060. The molecular formula is C21H17N3OS. The highest BCUT2D eigenvalue weighted by Gasteiger charge is 2.14. The van der Waals surface area contributed by atoms with Gasteiger partial charge in [0, 0.05) is 35.3 Å². The van der Waals surface area contributed by atoms with Gasteiger partial charge in [0.05, 0.1) is 16.8 Å². The van der Waals surface area contributed by atoms with Crippen molar-refractivity contribution < 1.29 is 4.79 Å². The molecule has 26 heavy (non-hydrogen) atoms. The van der Waals surface area contributed by atoms with Crippen molar-refractivity contribution in [3.8, 4) is 11.3 Å². The molecule has 1 amide bonds. The second kappa shape index (κ2) is 7.06. The number of amides is 1. The maximum atomic E-state index is 12.9. The molecule has 0 unspecified atom stereocenters. The van der Waals surface area contributed by atoms with E-state index in [1.807, 2.05) is 60.1 Å². The van der Waals surface area contributed by atoms with Crippen molar-refractivity contribution in [1.82, 2.24) is 15.3 Å². The number of rotatable bonds is 4. The molecule has 3 heterocycles. The number of pyridine rings is 2. The normalized spacial score (nSPS) is 10.8. The van der Waals surface area contributed by atoms with Crippen molar-refractivity contribution in [3.05, 3.63) is 82.3 Å². The highest BCUT2D eigenvalue weighted by atomic mass is 32.1. The molecule has 0 aliphatic heterocycles. The molecule has 4 rings (SSSR count). The number of nitrogens with zero attached hydrogens (tertiary/aromatic N) is 2. The average molecular weight is 359 g/mol. The second-order valence-corrected chi connectivity index (χ2v) is 6.91. The minimum Gasteiger partial charge on any atom is -0.348 e. The van der Waals surface area contributed by atoms with Gasteiger partial charge >= 0.3 is 0 Å². The van der Waals surface area contributed by atoms with Gasteiger partial charge in [0.25, 0.3) is 5.91 Å². The Morgan fingerprint density at radius 1 is 1.19 bits per heavy atom. The van der Waals surface area contributed by atoms with Gasteiger partial charge in [-0.25, -0.2) is 4.98 Å². The van der Waals surface area contributed by atoms with Crippen LogP contribution in [0.2, 0.25) is 0 Å². The van der Waals surface area contributed by atoms with E-state index in [2.05, 4.69) is 10.3 Å². The van der Waals surface area contributed by atoms with Gasteiger partial charge in [0.15, 0.2) is 0 Å². The number of aryl methyl sites for hydroxylation is 1. The molecule has 0 fully saturated rings. The lowest BCUT2D eigenvalue weighted by Gasteiger charge is -2.11. The number of carbonyl (C=O) groups is 1. The number of carbonyl (C=O) groups excluding carboxylic acids is 1. The van der Waals surface area contributed by atoms with Gasteiger partial charge in [-0.1, -0.05) is 17.7 Å². The van der Waals surface area contributed by atoms with E-state index < -0.39 is 0 Å². The van der Waals surface area contributed by atoms with Crippen molar-refractivity contribution in [1.29, 1.82) is 0 Å². The monoisotopic (exact) mass is 359 g/mol. The highest BCUT2D eigenvalue weighted by Crippen LogP contribution is 2.27. The zero-order valence-electron chi connectivity index (χ0n) is 14.3. The minimum absolute atomic E-state index is 0.108. The molecule has 4 nitrogen and oxygen atoms in total. The number of aromatic nitrogens is 2. The predicted molar refractivity (Wildman–Crippen MR) is 105 cm³/mol. The summed E-state index contributed by atoms with van der Waals surface area (Å²) in [5, 5.41) is 7.92. The van der Waals surface area contributed by atoms with Crippen LogP contribution in [0.5, 0.6) is 0 Å². The van der Waals surface area contributed by atoms with Gasteiger partial charge in [-0.2, -0.15) is 11.3 Å². The maximum Gasteiger partial charge on any atom is 0.252 e. The topological polar surface area (TPSA) is 54.9 Å². The summed E-state index contributed by atoms with van der Waals surface area (Å²) < 4.78 is 0. The van der Waals surface area contributed by atoms with Gasteiger partial charge in [-0.05, 0) is 48.2 Å². The quantitative estimate of drug-likeness (QED) is 0.579. The minimum atomic E-state index is -0.108. The van der Waals surface area contributed by atoms with E-state index >= 15 is 0 Å². The molecule has 0 atom stereocenters. The first-order valence-electron chi connectivity index (χ1n) is 8.32. The van der Waals surface area contributed by atoms with E-state index in [1.54, 1.807) is 23.7 Å². The Morgan fingerprint density at radius 2 is 2.12 bits per heavy atom. The number of thiophene rings is 1. The first kappa shape index (κ1) is 16.4. The lowest BCUT2D eigenvalue weighted by atomic mass is 10.0. The van der Waals surface area contributed by atoms with Crippen molar-refractivity contribution >= 4 is 28.1 Å². The van der Waals surface area contributed by atoms with Crippen LogP contribution in [-0.2, 0) is 6.54 Å². The molecule has 0 aliphatic carbocycles. The third-order valence-electron chi connectivity index (χ3n) is 4.20. The summed E-state index contributed by atoms with van der Waals surface area (Å²) in [6.45, 7) is 2.46. The number of benzene rings is 1. The molecule has 0 saturated carbocycles. The molecule has 3 aromatic heterocycles. The molecule has 1 N–H and O–H groups in total. The molecule has 0 aliphatic rings. The fraction of sp³-hybridized carbons (Fsp3) is 0.0952. The van der Waals surface area contributed by atoms with E-state index in [0.717, 1.165) is 33.3 Å². The van der Waals surface area contributed by atoms with Gasteiger partial charge in [0.1, 0.15) is 0 Å². The summed E-state index contributed by atoms with van der Waals surface area (Å²) in [6, 6.07) is 13.7. The number of hydrogen-bond acceptors (Lipinski definition) is 4. The summed E-state index contributed by atoms with van der Waals surface area (Å²) in [4.78, 5) is 21.7. The van der Waals surface area contributed by atoms with Crippen LogP contribution in [0, 0.1) is 6.92 Å². The second-order valence-electron chi connectivity index (χ2n) is 6.13. The lowest BCUT2D eigenvalue weighted by Crippen LogP contribution is -2.23. The Morgan fingerprint density at radius 3 is 2.88 bits per heavy atom. The molecule has 4 aromatic rings. The Labute approximate surface area is 155 Å². The molecule has 1 aromatic carbocycles. The smallest absolute Gasteiger partial charge is 0.252 e. The molecular weight excluding hydrogens is 342 g/mol. The van der Waals surface area contributed by atoms with E-state index in [1.165, 1.54) is 0 Å². The zero-order chi connectivity index (χ0) is 17.9. The Hall–Kier alpha value is -3.05. The van der Waals surface area contributed by atoms with Crippen molar-refractivity contribution in [2.45, 2.75) is 13.5 Å². The van der Waals surface area contributed by atoms with Gasteiger partial charge in [0.2, 0.25) is 0 Å². The summed E-state index contributed by atoms with van der Waals surface area (Å²) in [7, 11) is 0. The molecule has 128 valence electrons. The van der Waals surface area contributed by atoms with E-state index in [9.17, 15) is 4.79 Å². The van der Waals surface area contributed by atoms with E-state index in [0.29, 0.717) is 12.1 Å². The summed E-state index contributed by atoms with van der Waals surface area (Å²) in [5.41, 5.74) is 5.37. The largest absolute Gasteiger partial charge is 0.348 e. The highest BCUT2D eigenvalue weighted by molar-refractivity contribution is 7.08. The van der Waals surface area contributed by atoms with Gasteiger partial charge in [-0.15, -0.1) is 0 Å². The fourth-order valence-corrected chi connectivity index (χ4v) is 3.52. The van der Waals surface area contributed by atoms with Crippen LogP contribution in [0.15, 0.2) is 65.6 Å². The SMILES string of the molecule is Cc1ccc2nc(-c3ccsc3)cc(C(=O)NCc3cccnc3)c2c1.